The second-order valence-corrected chi connectivity index (χ2v) is 17.0. The molecular formula is C44H47Cl2N3O12S. The van der Waals surface area contributed by atoms with E-state index in [9.17, 15) is 33.4 Å². The van der Waals surface area contributed by atoms with Gasteiger partial charge in [-0.2, -0.15) is 5.26 Å². The lowest BCUT2D eigenvalue weighted by Crippen LogP contribution is -2.42. The second-order valence-electron chi connectivity index (χ2n) is 14.8. The van der Waals surface area contributed by atoms with Crippen LogP contribution < -0.4 is 4.74 Å². The number of nitrogens with zero attached hydrogens (tertiary/aromatic N) is 3. The van der Waals surface area contributed by atoms with E-state index in [2.05, 4.69) is 11.0 Å². The molecule has 62 heavy (non-hydrogen) atoms. The Labute approximate surface area is 370 Å². The smallest absolute Gasteiger partial charge is 0.337 e. The number of piperidine rings is 1. The van der Waals surface area contributed by atoms with Gasteiger partial charge in [0.1, 0.15) is 11.8 Å². The number of methoxy groups -OCH3 is 2. The van der Waals surface area contributed by atoms with Gasteiger partial charge in [0.25, 0.3) is 5.91 Å². The highest BCUT2D eigenvalue weighted by atomic mass is 35.5. The van der Waals surface area contributed by atoms with E-state index in [4.69, 9.17) is 53.1 Å². The van der Waals surface area contributed by atoms with Crippen molar-refractivity contribution in [3.05, 3.63) is 105 Å². The average Bonchev–Trinajstić information content (AvgIpc) is 3.24. The molecule has 0 spiro atoms. The normalized spacial score (nSPS) is 14.1. The number of carbonyl (C=O) groups excluding carboxylic acids is 2. The van der Waals surface area contributed by atoms with Gasteiger partial charge < -0.3 is 39.7 Å². The van der Waals surface area contributed by atoms with Crippen molar-refractivity contribution < 1.29 is 58.1 Å². The van der Waals surface area contributed by atoms with E-state index >= 15 is 0 Å². The second kappa shape index (κ2) is 22.0. The molecule has 330 valence electrons. The number of esters is 1. The van der Waals surface area contributed by atoms with Crippen LogP contribution in [-0.2, 0) is 29.9 Å². The molecule has 1 heterocycles. The number of carbonyl (C=O) groups is 5. The lowest BCUT2D eigenvalue weighted by Gasteiger charge is -2.34. The van der Waals surface area contributed by atoms with Crippen molar-refractivity contribution in [3.8, 4) is 11.8 Å². The summed E-state index contributed by atoms with van der Waals surface area (Å²) in [5.41, 5.74) is 0.325. The SMILES string of the molecule is COC(=O)c1ccc(C2CCN(CC[C@H](CN(C)C(=O)c3c(OC)c(C#N)cc4ccccc34)c3ccc(Cl)c(Cl)c3)CC2)c(S(C)=O)c1.O=C(O)CC(O)(CC(=O)O)C(=O)O. The summed E-state index contributed by atoms with van der Waals surface area (Å²) in [4.78, 5) is 61.5. The predicted octanol–water partition coefficient (Wildman–Crippen LogP) is 6.43. The number of likely N-dealkylation sites (N-methyl/N-ethyl adjacent to an activating group) is 1. The average molecular weight is 913 g/mol. The number of carboxylic acids is 3. The molecule has 0 bridgehead atoms. The van der Waals surface area contributed by atoms with Crippen molar-refractivity contribution in [1.29, 1.82) is 5.26 Å². The van der Waals surface area contributed by atoms with Crippen LogP contribution in [0.5, 0.6) is 5.75 Å². The third-order valence-electron chi connectivity index (χ3n) is 10.6. The highest BCUT2D eigenvalue weighted by Crippen LogP contribution is 2.36. The van der Waals surface area contributed by atoms with E-state index in [1.165, 1.54) is 14.2 Å². The summed E-state index contributed by atoms with van der Waals surface area (Å²) < 4.78 is 23.1. The quantitative estimate of drug-likeness (QED) is 0.0888. The molecule has 2 atom stereocenters. The lowest BCUT2D eigenvalue weighted by molar-refractivity contribution is -0.170. The first-order valence-corrected chi connectivity index (χ1v) is 21.5. The Morgan fingerprint density at radius 2 is 1.60 bits per heavy atom. The number of nitriles is 1. The standard InChI is InChI=1S/C38H39Cl2N3O5S.C6H8O7/c1-42(37(44)35-31-8-6-5-7-26(31)19-29(22-41)36(35)47-2)23-28(25-10-12-32(39)33(40)20-25)15-18-43-16-13-24(14-17-43)30-11-9-27(38(45)48-3)21-34(30)49(4)46;7-3(8)1-6(13,5(11)12)2-4(9)10/h5-12,19-21,24,28H,13-18,23H2,1-4H3;13H,1-2H2,(H,7,8)(H,9,10)(H,11,12)/t28-,49?;/m1./s1. The molecule has 5 rings (SSSR count). The minimum atomic E-state index is -2.74. The summed E-state index contributed by atoms with van der Waals surface area (Å²) in [5, 5.41) is 46.1. The third-order valence-corrected chi connectivity index (χ3v) is 12.4. The van der Waals surface area contributed by atoms with Crippen LogP contribution in [0.2, 0.25) is 10.0 Å². The largest absolute Gasteiger partial charge is 0.495 e. The van der Waals surface area contributed by atoms with Gasteiger partial charge in [0, 0.05) is 30.7 Å². The van der Waals surface area contributed by atoms with Crippen LogP contribution in [0.3, 0.4) is 0 Å². The molecule has 0 radical (unpaired) electrons. The maximum absolute atomic E-state index is 14.2. The Kier molecular flexibility index (Phi) is 17.4. The Balaban J connectivity index is 0.000000562. The minimum absolute atomic E-state index is 0.0576. The molecule has 18 heteroatoms. The summed E-state index contributed by atoms with van der Waals surface area (Å²) in [6.07, 6.45) is 1.88. The Hall–Kier alpha value is -5.57. The van der Waals surface area contributed by atoms with Crippen LogP contribution in [0.25, 0.3) is 10.8 Å². The summed E-state index contributed by atoms with van der Waals surface area (Å²) in [6, 6.07) is 22.4. The van der Waals surface area contributed by atoms with E-state index < -0.39 is 53.1 Å². The number of hydrogen-bond acceptors (Lipinski definition) is 11. The van der Waals surface area contributed by atoms with E-state index in [0.29, 0.717) is 38.2 Å². The van der Waals surface area contributed by atoms with Crippen LogP contribution in [0, 0.1) is 11.3 Å². The van der Waals surface area contributed by atoms with Crippen molar-refractivity contribution in [2.24, 2.45) is 0 Å². The highest BCUT2D eigenvalue weighted by molar-refractivity contribution is 7.84. The number of ether oxygens (including phenoxy) is 2. The van der Waals surface area contributed by atoms with E-state index in [1.807, 2.05) is 42.5 Å². The predicted molar refractivity (Wildman–Crippen MR) is 232 cm³/mol. The molecule has 1 unspecified atom stereocenters. The van der Waals surface area contributed by atoms with Gasteiger partial charge in [0.2, 0.25) is 0 Å². The van der Waals surface area contributed by atoms with Crippen LogP contribution in [0.4, 0.5) is 0 Å². The number of halogens is 2. The first kappa shape index (κ1) is 49.1. The summed E-state index contributed by atoms with van der Waals surface area (Å²) >= 11 is 12.7. The van der Waals surface area contributed by atoms with Crippen molar-refractivity contribution in [1.82, 2.24) is 9.80 Å². The molecule has 1 fully saturated rings. The van der Waals surface area contributed by atoms with Gasteiger partial charge in [-0.05, 0) is 97.0 Å². The summed E-state index contributed by atoms with van der Waals surface area (Å²) in [7, 11) is 3.34. The maximum Gasteiger partial charge on any atom is 0.337 e. The fourth-order valence-electron chi connectivity index (χ4n) is 7.46. The highest BCUT2D eigenvalue weighted by Gasteiger charge is 2.41. The molecule has 0 aliphatic carbocycles. The van der Waals surface area contributed by atoms with Gasteiger partial charge in [0.05, 0.1) is 64.6 Å². The number of benzene rings is 4. The Morgan fingerprint density at radius 1 is 0.952 bits per heavy atom. The van der Waals surface area contributed by atoms with Gasteiger partial charge in [-0.25, -0.2) is 9.59 Å². The number of hydrogen-bond donors (Lipinski definition) is 4. The van der Waals surface area contributed by atoms with E-state index in [-0.39, 0.29) is 23.5 Å². The zero-order valence-corrected chi connectivity index (χ0v) is 36.8. The summed E-state index contributed by atoms with van der Waals surface area (Å²) in [5.74, 6) is -5.27. The van der Waals surface area contributed by atoms with Crippen LogP contribution in [0.15, 0.2) is 71.6 Å². The molecule has 1 amide bonds. The minimum Gasteiger partial charge on any atom is -0.495 e. The molecule has 0 saturated carbocycles. The Bertz CT molecular complexity index is 2380. The monoisotopic (exact) mass is 911 g/mol. The van der Waals surface area contributed by atoms with Gasteiger partial charge in [-0.15, -0.1) is 0 Å². The molecule has 4 N–H and O–H groups in total. The van der Waals surface area contributed by atoms with Crippen LogP contribution >= 0.6 is 23.2 Å². The molecule has 1 saturated heterocycles. The zero-order valence-electron chi connectivity index (χ0n) is 34.4. The number of carboxylic acid groups (broad SMARTS) is 3. The van der Waals surface area contributed by atoms with Crippen molar-refractivity contribution >= 4 is 74.6 Å². The van der Waals surface area contributed by atoms with Crippen molar-refractivity contribution in [2.75, 3.05) is 53.7 Å². The number of rotatable bonds is 16. The van der Waals surface area contributed by atoms with Gasteiger partial charge in [-0.3, -0.25) is 18.6 Å². The zero-order chi connectivity index (χ0) is 45.9. The van der Waals surface area contributed by atoms with Gasteiger partial charge in [0.15, 0.2) is 5.60 Å². The summed E-state index contributed by atoms with van der Waals surface area (Å²) in [6.45, 7) is 2.90. The molecule has 15 nitrogen and oxygen atoms in total. The first-order chi connectivity index (χ1) is 29.3. The first-order valence-electron chi connectivity index (χ1n) is 19.2. The van der Waals surface area contributed by atoms with Crippen LogP contribution in [0.1, 0.15) is 81.3 Å². The number of aliphatic carboxylic acids is 3. The topological polar surface area (TPSA) is 232 Å². The van der Waals surface area contributed by atoms with Crippen LogP contribution in [-0.4, -0.2) is 124 Å². The van der Waals surface area contributed by atoms with Crippen molar-refractivity contribution in [2.45, 2.75) is 54.4 Å². The molecule has 1 aliphatic heterocycles. The molecule has 1 aliphatic rings. The molecule has 4 aromatic rings. The molecule has 4 aromatic carbocycles. The number of fused-ring (bicyclic) bond motifs is 1. The number of aliphatic hydroxyl groups is 1. The third kappa shape index (κ3) is 12.3. The lowest BCUT2D eigenvalue weighted by atomic mass is 9.88. The number of likely N-dealkylation sites (tertiary alicyclic amines) is 1. The molecule has 0 aromatic heterocycles. The van der Waals surface area contributed by atoms with Gasteiger partial charge >= 0.3 is 23.9 Å². The van der Waals surface area contributed by atoms with E-state index in [1.54, 1.807) is 42.5 Å². The van der Waals surface area contributed by atoms with E-state index in [0.717, 1.165) is 60.8 Å². The Morgan fingerprint density at radius 3 is 2.15 bits per heavy atom. The molecular weight excluding hydrogens is 865 g/mol. The fourth-order valence-corrected chi connectivity index (χ4v) is 8.62. The fraction of sp³-hybridized carbons (Fsp3) is 0.364. The maximum atomic E-state index is 14.2. The van der Waals surface area contributed by atoms with Gasteiger partial charge in [-0.1, -0.05) is 59.6 Å². The van der Waals surface area contributed by atoms with Crippen molar-refractivity contribution in [3.63, 3.8) is 0 Å². The number of amides is 1.